The largest absolute Gasteiger partial charge is 0.481 e. The van der Waals surface area contributed by atoms with Gasteiger partial charge in [-0.1, -0.05) is 6.92 Å². The van der Waals surface area contributed by atoms with Gasteiger partial charge in [0.25, 0.3) is 0 Å². The van der Waals surface area contributed by atoms with Crippen LogP contribution >= 0.6 is 0 Å². The summed E-state index contributed by atoms with van der Waals surface area (Å²) in [4.78, 5) is 20.7. The summed E-state index contributed by atoms with van der Waals surface area (Å²) >= 11 is 0. The summed E-state index contributed by atoms with van der Waals surface area (Å²) in [5.41, 5.74) is 1.65. The molecule has 0 bridgehead atoms. The summed E-state index contributed by atoms with van der Waals surface area (Å²) in [7, 11) is 0. The van der Waals surface area contributed by atoms with E-state index in [1.54, 1.807) is 12.4 Å². The van der Waals surface area contributed by atoms with Crippen molar-refractivity contribution in [3.05, 3.63) is 0 Å². The molecule has 0 fully saturated rings. The van der Waals surface area contributed by atoms with Crippen molar-refractivity contribution in [1.82, 2.24) is 5.48 Å². The number of carboxylic acids is 2. The summed E-state index contributed by atoms with van der Waals surface area (Å²) < 4.78 is 0. The third-order valence-corrected chi connectivity index (χ3v) is 1.54. The van der Waals surface area contributed by atoms with Crippen molar-refractivity contribution in [3.8, 4) is 0 Å². The van der Waals surface area contributed by atoms with Gasteiger partial charge in [0.1, 0.15) is 0 Å². The first-order valence-electron chi connectivity index (χ1n) is 3.39. The Kier molecular flexibility index (Phi) is 4.24. The summed E-state index contributed by atoms with van der Waals surface area (Å²) in [6.45, 7) is 1.58. The minimum atomic E-state index is -1.61. The van der Waals surface area contributed by atoms with Gasteiger partial charge < -0.3 is 15.4 Å². The van der Waals surface area contributed by atoms with Crippen LogP contribution in [0.25, 0.3) is 0 Å². The van der Waals surface area contributed by atoms with E-state index in [4.69, 9.17) is 15.4 Å². The van der Waals surface area contributed by atoms with E-state index in [2.05, 4.69) is 0 Å². The molecule has 0 aliphatic carbocycles. The van der Waals surface area contributed by atoms with Gasteiger partial charge >= 0.3 is 11.9 Å². The quantitative estimate of drug-likeness (QED) is 0.334. The lowest BCUT2D eigenvalue weighted by Crippen LogP contribution is -2.42. The third kappa shape index (κ3) is 2.48. The van der Waals surface area contributed by atoms with Crippen LogP contribution in [0.4, 0.5) is 0 Å². The highest BCUT2D eigenvalue weighted by atomic mass is 16.5. The molecule has 0 rings (SSSR count). The first-order valence-corrected chi connectivity index (χ1v) is 3.39. The molecule has 0 saturated heterocycles. The van der Waals surface area contributed by atoms with E-state index < -0.39 is 23.9 Å². The molecule has 0 aromatic rings. The molecule has 6 heteroatoms. The molecule has 1 atom stereocenters. The second-order valence-corrected chi connectivity index (χ2v) is 2.30. The van der Waals surface area contributed by atoms with Crippen LogP contribution < -0.4 is 5.48 Å². The normalized spacial score (nSPS) is 12.9. The van der Waals surface area contributed by atoms with E-state index in [1.165, 1.54) is 0 Å². The van der Waals surface area contributed by atoms with E-state index in [0.29, 0.717) is 0 Å². The molecular formula is C6H11NO5. The number of nitrogens with one attached hydrogen (secondary N) is 1. The minimum absolute atomic E-state index is 0.222. The van der Waals surface area contributed by atoms with Gasteiger partial charge in [-0.2, -0.15) is 0 Å². The number of carboxylic acid groups (broad SMARTS) is 2. The van der Waals surface area contributed by atoms with E-state index >= 15 is 0 Å². The van der Waals surface area contributed by atoms with Crippen molar-refractivity contribution in [1.29, 1.82) is 0 Å². The van der Waals surface area contributed by atoms with Crippen molar-refractivity contribution < 1.29 is 25.0 Å². The Morgan fingerprint density at radius 2 is 1.75 bits per heavy atom. The predicted molar refractivity (Wildman–Crippen MR) is 37.8 cm³/mol. The van der Waals surface area contributed by atoms with Crippen LogP contribution in [0.2, 0.25) is 0 Å². The van der Waals surface area contributed by atoms with Gasteiger partial charge in [-0.3, -0.25) is 9.59 Å². The molecule has 0 amide bonds. The predicted octanol–water partition coefficient (Wildman–Crippen LogP) is -0.471. The third-order valence-electron chi connectivity index (χ3n) is 1.54. The molecule has 0 radical (unpaired) electrons. The molecule has 6 nitrogen and oxygen atoms in total. The van der Waals surface area contributed by atoms with Gasteiger partial charge in [0.2, 0.25) is 0 Å². The smallest absolute Gasteiger partial charge is 0.319 e. The van der Waals surface area contributed by atoms with E-state index in [-0.39, 0.29) is 6.42 Å². The van der Waals surface area contributed by atoms with Crippen molar-refractivity contribution in [2.75, 3.05) is 0 Å². The van der Waals surface area contributed by atoms with E-state index in [9.17, 15) is 9.59 Å². The van der Waals surface area contributed by atoms with Crippen LogP contribution in [0.5, 0.6) is 0 Å². The second-order valence-electron chi connectivity index (χ2n) is 2.30. The summed E-state index contributed by atoms with van der Waals surface area (Å²) in [5, 5.41) is 25.3. The number of hydrogen-bond acceptors (Lipinski definition) is 4. The van der Waals surface area contributed by atoms with Crippen molar-refractivity contribution in [2.45, 2.75) is 19.4 Å². The lowest BCUT2D eigenvalue weighted by atomic mass is 9.99. The minimum Gasteiger partial charge on any atom is -0.481 e. The van der Waals surface area contributed by atoms with Crippen molar-refractivity contribution in [2.24, 2.45) is 5.92 Å². The van der Waals surface area contributed by atoms with Gasteiger partial charge in [-0.15, -0.1) is 0 Å². The van der Waals surface area contributed by atoms with Gasteiger partial charge in [-0.05, 0) is 6.42 Å². The number of hydroxylamine groups is 1. The molecule has 0 aromatic carbocycles. The molecule has 4 N–H and O–H groups in total. The molecule has 0 spiro atoms. The SMILES string of the molecule is CCC(NO)C(C(=O)O)C(=O)O. The Balaban J connectivity index is 4.47. The van der Waals surface area contributed by atoms with E-state index in [0.717, 1.165) is 0 Å². The summed E-state index contributed by atoms with van der Waals surface area (Å²) in [6, 6.07) is -0.958. The van der Waals surface area contributed by atoms with Crippen LogP contribution in [0.3, 0.4) is 0 Å². The maximum atomic E-state index is 10.4. The monoisotopic (exact) mass is 177 g/mol. The molecule has 12 heavy (non-hydrogen) atoms. The zero-order chi connectivity index (χ0) is 9.72. The Labute approximate surface area is 68.8 Å². The first kappa shape index (κ1) is 10.9. The fourth-order valence-corrected chi connectivity index (χ4v) is 0.851. The average Bonchev–Trinajstić information content (AvgIpc) is 1.98. The van der Waals surface area contributed by atoms with Crippen LogP contribution in [-0.4, -0.2) is 33.4 Å². The standard InChI is InChI=1S/C6H11NO5/c1-2-3(7-12)4(5(8)9)6(10)11/h3-4,7,12H,2H2,1H3,(H,8,9)(H,10,11). The fraction of sp³-hybridized carbons (Fsp3) is 0.667. The molecule has 0 aromatic heterocycles. The average molecular weight is 177 g/mol. The van der Waals surface area contributed by atoms with E-state index in [1.807, 2.05) is 0 Å². The zero-order valence-corrected chi connectivity index (χ0v) is 6.52. The highest BCUT2D eigenvalue weighted by molar-refractivity contribution is 5.93. The molecule has 1 unspecified atom stereocenters. The number of hydrogen-bond donors (Lipinski definition) is 4. The molecule has 0 aliphatic heterocycles. The molecule has 70 valence electrons. The summed E-state index contributed by atoms with van der Waals surface area (Å²) in [5.74, 6) is -4.54. The fourth-order valence-electron chi connectivity index (χ4n) is 0.851. The van der Waals surface area contributed by atoms with Crippen LogP contribution in [0.15, 0.2) is 0 Å². The Morgan fingerprint density at radius 3 is 1.83 bits per heavy atom. The maximum absolute atomic E-state index is 10.4. The van der Waals surface area contributed by atoms with Crippen molar-refractivity contribution in [3.63, 3.8) is 0 Å². The first-order chi connectivity index (χ1) is 5.54. The molecule has 0 heterocycles. The molecule has 0 aliphatic rings. The summed E-state index contributed by atoms with van der Waals surface area (Å²) in [6.07, 6.45) is 0.222. The Morgan fingerprint density at radius 1 is 1.33 bits per heavy atom. The van der Waals surface area contributed by atoms with Crippen LogP contribution in [0, 0.1) is 5.92 Å². The lowest BCUT2D eigenvalue weighted by molar-refractivity contribution is -0.157. The van der Waals surface area contributed by atoms with Crippen LogP contribution in [-0.2, 0) is 9.59 Å². The number of aliphatic carboxylic acids is 2. The van der Waals surface area contributed by atoms with Gasteiger partial charge in [0.05, 0.1) is 6.04 Å². The number of rotatable bonds is 5. The highest BCUT2D eigenvalue weighted by Crippen LogP contribution is 2.07. The second kappa shape index (κ2) is 4.68. The molecular weight excluding hydrogens is 166 g/mol. The van der Waals surface area contributed by atoms with Gasteiger partial charge in [0.15, 0.2) is 5.92 Å². The topological polar surface area (TPSA) is 107 Å². The highest BCUT2D eigenvalue weighted by Gasteiger charge is 2.33. The lowest BCUT2D eigenvalue weighted by Gasteiger charge is -2.16. The zero-order valence-electron chi connectivity index (χ0n) is 6.52. The molecule has 0 saturated carbocycles. The van der Waals surface area contributed by atoms with Crippen LogP contribution in [0.1, 0.15) is 13.3 Å². The Bertz CT molecular complexity index is 163. The van der Waals surface area contributed by atoms with Crippen molar-refractivity contribution >= 4 is 11.9 Å². The maximum Gasteiger partial charge on any atom is 0.319 e. The number of carbonyl (C=O) groups is 2. The van der Waals surface area contributed by atoms with Gasteiger partial charge in [-0.25, -0.2) is 5.48 Å². The Hall–Kier alpha value is -1.14. The van der Waals surface area contributed by atoms with Gasteiger partial charge in [0, 0.05) is 0 Å².